The lowest BCUT2D eigenvalue weighted by Crippen LogP contribution is -2.30. The van der Waals surface area contributed by atoms with E-state index < -0.39 is 11.9 Å². The Balaban J connectivity index is 2.68. The molecule has 2 atom stereocenters. The monoisotopic (exact) mass is 225 g/mol. The number of aromatic nitrogens is 2. The summed E-state index contributed by atoms with van der Waals surface area (Å²) in [7, 11) is 1.50. The van der Waals surface area contributed by atoms with Crippen molar-refractivity contribution in [1.82, 2.24) is 9.97 Å². The number of aliphatic carboxylic acids is 1. The molecule has 1 rings (SSSR count). The van der Waals surface area contributed by atoms with E-state index in [-0.39, 0.29) is 6.04 Å². The van der Waals surface area contributed by atoms with Crippen molar-refractivity contribution in [3.05, 3.63) is 12.4 Å². The van der Waals surface area contributed by atoms with Gasteiger partial charge >= 0.3 is 5.97 Å². The van der Waals surface area contributed by atoms with E-state index >= 15 is 0 Å². The minimum Gasteiger partial charge on any atom is -0.481 e. The Morgan fingerprint density at radius 2 is 2.19 bits per heavy atom. The summed E-state index contributed by atoms with van der Waals surface area (Å²) in [5.74, 6) is -0.469. The molecule has 0 bridgehead atoms. The quantitative estimate of drug-likeness (QED) is 0.777. The van der Waals surface area contributed by atoms with Crippen molar-refractivity contribution < 1.29 is 14.6 Å². The van der Waals surface area contributed by atoms with Crippen LogP contribution in [-0.2, 0) is 4.79 Å². The molecule has 2 N–H and O–H groups in total. The number of rotatable bonds is 5. The van der Waals surface area contributed by atoms with Crippen molar-refractivity contribution in [2.24, 2.45) is 5.92 Å². The van der Waals surface area contributed by atoms with Crippen molar-refractivity contribution in [3.63, 3.8) is 0 Å². The van der Waals surface area contributed by atoms with E-state index in [0.29, 0.717) is 11.7 Å². The molecule has 0 aliphatic rings. The highest BCUT2D eigenvalue weighted by atomic mass is 16.5. The van der Waals surface area contributed by atoms with Gasteiger partial charge in [-0.1, -0.05) is 0 Å². The van der Waals surface area contributed by atoms with Gasteiger partial charge in [0, 0.05) is 6.04 Å². The molecule has 0 saturated heterocycles. The molecule has 2 unspecified atom stereocenters. The average molecular weight is 225 g/mol. The number of ether oxygens (including phenoxy) is 1. The molecule has 6 heteroatoms. The number of methoxy groups -OCH3 is 1. The molecule has 88 valence electrons. The van der Waals surface area contributed by atoms with Gasteiger partial charge in [0.05, 0.1) is 25.4 Å². The van der Waals surface area contributed by atoms with Gasteiger partial charge in [-0.05, 0) is 13.8 Å². The lowest BCUT2D eigenvalue weighted by molar-refractivity contribution is -0.141. The highest BCUT2D eigenvalue weighted by Crippen LogP contribution is 2.12. The number of hydrogen-bond donors (Lipinski definition) is 2. The molecule has 1 aromatic rings. The van der Waals surface area contributed by atoms with Gasteiger partial charge in [0.2, 0.25) is 5.88 Å². The Bertz CT molecular complexity index is 370. The molecule has 1 heterocycles. The second-order valence-corrected chi connectivity index (χ2v) is 3.51. The second-order valence-electron chi connectivity index (χ2n) is 3.51. The molecular formula is C10H15N3O3. The maximum Gasteiger partial charge on any atom is 0.308 e. The van der Waals surface area contributed by atoms with Gasteiger partial charge in [0.25, 0.3) is 0 Å². The van der Waals surface area contributed by atoms with Crippen molar-refractivity contribution in [1.29, 1.82) is 0 Å². The Labute approximate surface area is 93.7 Å². The summed E-state index contributed by atoms with van der Waals surface area (Å²) >= 11 is 0. The van der Waals surface area contributed by atoms with Crippen LogP contribution >= 0.6 is 0 Å². The van der Waals surface area contributed by atoms with E-state index in [1.54, 1.807) is 13.8 Å². The van der Waals surface area contributed by atoms with Gasteiger partial charge in [-0.2, -0.15) is 4.98 Å². The first kappa shape index (κ1) is 12.2. The molecule has 16 heavy (non-hydrogen) atoms. The number of hydrogen-bond acceptors (Lipinski definition) is 5. The van der Waals surface area contributed by atoms with Gasteiger partial charge in [-0.25, -0.2) is 0 Å². The zero-order chi connectivity index (χ0) is 12.1. The van der Waals surface area contributed by atoms with E-state index in [9.17, 15) is 4.79 Å². The predicted molar refractivity (Wildman–Crippen MR) is 58.5 cm³/mol. The minimum atomic E-state index is -0.851. The van der Waals surface area contributed by atoms with Gasteiger partial charge in [0.15, 0.2) is 0 Å². The van der Waals surface area contributed by atoms with Crippen LogP contribution in [0, 0.1) is 5.92 Å². The van der Waals surface area contributed by atoms with Crippen LogP contribution in [0.25, 0.3) is 0 Å². The third-order valence-electron chi connectivity index (χ3n) is 2.34. The number of nitrogens with one attached hydrogen (secondary N) is 1. The fourth-order valence-electron chi connectivity index (χ4n) is 1.09. The highest BCUT2D eigenvalue weighted by molar-refractivity contribution is 5.70. The Kier molecular flexibility index (Phi) is 4.04. The van der Waals surface area contributed by atoms with Crippen LogP contribution in [0.1, 0.15) is 13.8 Å². The first-order valence-electron chi connectivity index (χ1n) is 4.90. The number of carbonyl (C=O) groups is 1. The van der Waals surface area contributed by atoms with Crippen molar-refractivity contribution >= 4 is 11.8 Å². The molecule has 0 aromatic carbocycles. The standard InChI is InChI=1S/C10H15N3O3/c1-6(10(14)15)7(2)12-8-4-11-5-9(13-8)16-3/h4-7H,1-3H3,(H,12,13)(H,14,15). The Morgan fingerprint density at radius 3 is 2.75 bits per heavy atom. The van der Waals surface area contributed by atoms with E-state index in [4.69, 9.17) is 9.84 Å². The third-order valence-corrected chi connectivity index (χ3v) is 2.34. The van der Waals surface area contributed by atoms with Crippen molar-refractivity contribution in [2.45, 2.75) is 19.9 Å². The summed E-state index contributed by atoms with van der Waals surface area (Å²) in [6.45, 7) is 3.41. The number of nitrogens with zero attached hydrogens (tertiary/aromatic N) is 2. The van der Waals surface area contributed by atoms with E-state index in [1.807, 2.05) is 0 Å². The third kappa shape index (κ3) is 3.08. The predicted octanol–water partition coefficient (Wildman–Crippen LogP) is 1.01. The highest BCUT2D eigenvalue weighted by Gasteiger charge is 2.19. The molecule has 0 spiro atoms. The maximum atomic E-state index is 10.8. The molecule has 0 aliphatic heterocycles. The summed E-state index contributed by atoms with van der Waals surface area (Å²) in [5, 5.41) is 11.8. The molecule has 0 fully saturated rings. The summed E-state index contributed by atoms with van der Waals surface area (Å²) in [5.41, 5.74) is 0. The smallest absolute Gasteiger partial charge is 0.308 e. The zero-order valence-electron chi connectivity index (χ0n) is 9.47. The Morgan fingerprint density at radius 1 is 1.50 bits per heavy atom. The molecular weight excluding hydrogens is 210 g/mol. The van der Waals surface area contributed by atoms with Gasteiger partial charge in [-0.15, -0.1) is 0 Å². The van der Waals surface area contributed by atoms with Crippen LogP contribution in [0.5, 0.6) is 5.88 Å². The molecule has 1 aromatic heterocycles. The van der Waals surface area contributed by atoms with Crippen LogP contribution in [0.2, 0.25) is 0 Å². The van der Waals surface area contributed by atoms with Gasteiger partial charge in [-0.3, -0.25) is 9.78 Å². The molecule has 0 amide bonds. The molecule has 0 aliphatic carbocycles. The minimum absolute atomic E-state index is 0.237. The fraction of sp³-hybridized carbons (Fsp3) is 0.500. The second kappa shape index (κ2) is 5.29. The molecule has 0 saturated carbocycles. The van der Waals surface area contributed by atoms with E-state index in [0.717, 1.165) is 0 Å². The van der Waals surface area contributed by atoms with E-state index in [2.05, 4.69) is 15.3 Å². The van der Waals surface area contributed by atoms with Gasteiger partial charge in [0.1, 0.15) is 5.82 Å². The van der Waals surface area contributed by atoms with Crippen LogP contribution < -0.4 is 10.1 Å². The van der Waals surface area contributed by atoms with Gasteiger partial charge < -0.3 is 15.2 Å². The summed E-state index contributed by atoms with van der Waals surface area (Å²) in [4.78, 5) is 18.8. The number of carboxylic acids is 1. The SMILES string of the molecule is COc1cncc(NC(C)C(C)C(=O)O)n1. The fourth-order valence-corrected chi connectivity index (χ4v) is 1.09. The molecule has 6 nitrogen and oxygen atoms in total. The van der Waals surface area contributed by atoms with Crippen LogP contribution in [0.3, 0.4) is 0 Å². The Hall–Kier alpha value is -1.85. The van der Waals surface area contributed by atoms with Crippen LogP contribution in [0.15, 0.2) is 12.4 Å². The van der Waals surface area contributed by atoms with E-state index in [1.165, 1.54) is 19.5 Å². The number of anilines is 1. The summed E-state index contributed by atoms with van der Waals surface area (Å²) < 4.78 is 4.91. The lowest BCUT2D eigenvalue weighted by Gasteiger charge is -2.18. The van der Waals surface area contributed by atoms with Crippen LogP contribution in [-0.4, -0.2) is 34.2 Å². The largest absolute Gasteiger partial charge is 0.481 e. The van der Waals surface area contributed by atoms with Crippen molar-refractivity contribution in [3.8, 4) is 5.88 Å². The topological polar surface area (TPSA) is 84.3 Å². The normalized spacial score (nSPS) is 13.9. The maximum absolute atomic E-state index is 10.8. The zero-order valence-corrected chi connectivity index (χ0v) is 9.47. The first-order chi connectivity index (χ1) is 7.54. The first-order valence-corrected chi connectivity index (χ1v) is 4.90. The summed E-state index contributed by atoms with van der Waals surface area (Å²) in [6.07, 6.45) is 3.00. The number of carboxylic acid groups (broad SMARTS) is 1. The lowest BCUT2D eigenvalue weighted by atomic mass is 10.0. The van der Waals surface area contributed by atoms with Crippen molar-refractivity contribution in [2.75, 3.05) is 12.4 Å². The summed E-state index contributed by atoms with van der Waals surface area (Å²) in [6, 6.07) is -0.237. The van der Waals surface area contributed by atoms with Crippen LogP contribution in [0.4, 0.5) is 5.82 Å². The average Bonchev–Trinajstić information content (AvgIpc) is 2.28. The molecule has 0 radical (unpaired) electrons.